The van der Waals surface area contributed by atoms with Gasteiger partial charge in [0, 0.05) is 16.6 Å². The lowest BCUT2D eigenvalue weighted by Gasteiger charge is -2.21. The number of carbonyl (C=O) groups is 1. The Kier molecular flexibility index (Phi) is 3.92. The van der Waals surface area contributed by atoms with E-state index in [4.69, 9.17) is 28.3 Å². The Morgan fingerprint density at radius 2 is 2.24 bits per heavy atom. The first-order chi connectivity index (χ1) is 8.08. The van der Waals surface area contributed by atoms with Gasteiger partial charge in [0.15, 0.2) is 0 Å². The predicted octanol–water partition coefficient (Wildman–Crippen LogP) is 3.04. The maximum absolute atomic E-state index is 11.1. The number of carboxylic acid groups (broad SMARTS) is 1. The molecule has 0 radical (unpaired) electrons. The highest BCUT2D eigenvalue weighted by Gasteiger charge is 2.30. The van der Waals surface area contributed by atoms with Crippen LogP contribution in [-0.2, 0) is 11.3 Å². The predicted molar refractivity (Wildman–Crippen MR) is 67.5 cm³/mol. The van der Waals surface area contributed by atoms with Gasteiger partial charge in [0.2, 0.25) is 0 Å². The third-order valence-electron chi connectivity index (χ3n) is 3.03. The van der Waals surface area contributed by atoms with Crippen molar-refractivity contribution in [3.8, 4) is 0 Å². The summed E-state index contributed by atoms with van der Waals surface area (Å²) < 4.78 is 0. The number of likely N-dealkylation sites (tertiary alicyclic amines) is 1. The smallest absolute Gasteiger partial charge is 0.320 e. The van der Waals surface area contributed by atoms with Crippen LogP contribution < -0.4 is 0 Å². The summed E-state index contributed by atoms with van der Waals surface area (Å²) in [5, 5.41) is 10.3. The highest BCUT2D eigenvalue weighted by Crippen LogP contribution is 2.26. The maximum atomic E-state index is 11.1. The molecule has 1 aliphatic rings. The van der Waals surface area contributed by atoms with Crippen molar-refractivity contribution >= 4 is 29.2 Å². The van der Waals surface area contributed by atoms with Crippen molar-refractivity contribution in [1.29, 1.82) is 0 Å². The summed E-state index contributed by atoms with van der Waals surface area (Å²) in [6, 6.07) is 4.86. The van der Waals surface area contributed by atoms with Gasteiger partial charge in [-0.1, -0.05) is 23.2 Å². The molecule has 0 saturated carbocycles. The molecule has 1 fully saturated rings. The van der Waals surface area contributed by atoms with E-state index in [1.165, 1.54) is 0 Å². The molecular formula is C12H13Cl2NO2. The maximum Gasteiger partial charge on any atom is 0.320 e. The standard InChI is InChI=1S/C12H13Cl2NO2/c13-9-3-4-10(14)8(6-9)7-15-5-1-2-11(15)12(16)17/h3-4,6,11H,1-2,5,7H2,(H,16,17)/t11-/m1/s1. The fourth-order valence-corrected chi connectivity index (χ4v) is 2.55. The van der Waals surface area contributed by atoms with Crippen LogP contribution in [0.5, 0.6) is 0 Å². The highest BCUT2D eigenvalue weighted by molar-refractivity contribution is 6.33. The monoisotopic (exact) mass is 273 g/mol. The average Bonchev–Trinajstić information content (AvgIpc) is 2.71. The van der Waals surface area contributed by atoms with Crippen molar-refractivity contribution in [2.24, 2.45) is 0 Å². The van der Waals surface area contributed by atoms with E-state index >= 15 is 0 Å². The summed E-state index contributed by atoms with van der Waals surface area (Å²) in [5.41, 5.74) is 0.882. The SMILES string of the molecule is O=C(O)[C@H]1CCCN1Cc1cc(Cl)ccc1Cl. The van der Waals surface area contributed by atoms with Crippen molar-refractivity contribution < 1.29 is 9.90 Å². The van der Waals surface area contributed by atoms with Crippen LogP contribution >= 0.6 is 23.2 Å². The topological polar surface area (TPSA) is 40.5 Å². The molecular weight excluding hydrogens is 261 g/mol. The zero-order valence-corrected chi connectivity index (χ0v) is 10.7. The second kappa shape index (κ2) is 5.25. The van der Waals surface area contributed by atoms with Crippen molar-refractivity contribution in [1.82, 2.24) is 4.90 Å². The fourth-order valence-electron chi connectivity index (χ4n) is 2.18. The Labute approximate surface area is 110 Å². The van der Waals surface area contributed by atoms with Gasteiger partial charge in [-0.3, -0.25) is 9.69 Å². The number of hydrogen-bond donors (Lipinski definition) is 1. The first kappa shape index (κ1) is 12.7. The van der Waals surface area contributed by atoms with E-state index in [0.717, 1.165) is 18.5 Å². The molecule has 1 aromatic rings. The summed E-state index contributed by atoms with van der Waals surface area (Å²) in [6.45, 7) is 1.33. The summed E-state index contributed by atoms with van der Waals surface area (Å²) in [7, 11) is 0. The van der Waals surface area contributed by atoms with Crippen LogP contribution in [0.2, 0.25) is 10.0 Å². The van der Waals surface area contributed by atoms with E-state index in [1.54, 1.807) is 18.2 Å². The largest absolute Gasteiger partial charge is 0.480 e. The highest BCUT2D eigenvalue weighted by atomic mass is 35.5. The van der Waals surface area contributed by atoms with Crippen LogP contribution in [0.1, 0.15) is 18.4 Å². The van der Waals surface area contributed by atoms with Gasteiger partial charge in [-0.25, -0.2) is 0 Å². The van der Waals surface area contributed by atoms with Gasteiger partial charge in [-0.05, 0) is 43.1 Å². The third-order valence-corrected chi connectivity index (χ3v) is 3.63. The van der Waals surface area contributed by atoms with Crippen molar-refractivity contribution in [2.45, 2.75) is 25.4 Å². The van der Waals surface area contributed by atoms with Crippen molar-refractivity contribution in [2.75, 3.05) is 6.54 Å². The van der Waals surface area contributed by atoms with Crippen LogP contribution in [0.4, 0.5) is 0 Å². The molecule has 0 unspecified atom stereocenters. The summed E-state index contributed by atoms with van der Waals surface area (Å²) >= 11 is 12.0. The summed E-state index contributed by atoms with van der Waals surface area (Å²) in [4.78, 5) is 13.0. The molecule has 2 rings (SSSR count). The van der Waals surface area contributed by atoms with E-state index in [0.29, 0.717) is 23.0 Å². The van der Waals surface area contributed by atoms with Crippen molar-refractivity contribution in [3.63, 3.8) is 0 Å². The van der Waals surface area contributed by atoms with Gasteiger partial charge < -0.3 is 5.11 Å². The fraction of sp³-hybridized carbons (Fsp3) is 0.417. The molecule has 1 aliphatic heterocycles. The van der Waals surface area contributed by atoms with Crippen LogP contribution in [0, 0.1) is 0 Å². The van der Waals surface area contributed by atoms with Gasteiger partial charge in [-0.2, -0.15) is 0 Å². The molecule has 0 aromatic heterocycles. The second-order valence-electron chi connectivity index (χ2n) is 4.20. The Morgan fingerprint density at radius 1 is 1.47 bits per heavy atom. The minimum absolute atomic E-state index is 0.398. The quantitative estimate of drug-likeness (QED) is 0.921. The van der Waals surface area contributed by atoms with Crippen LogP contribution in [0.3, 0.4) is 0 Å². The molecule has 1 N–H and O–H groups in total. The third kappa shape index (κ3) is 2.92. The molecule has 1 aromatic carbocycles. The van der Waals surface area contributed by atoms with Crippen LogP contribution in [0.15, 0.2) is 18.2 Å². The molecule has 0 spiro atoms. The zero-order chi connectivity index (χ0) is 12.4. The minimum Gasteiger partial charge on any atom is -0.480 e. The normalized spacial score (nSPS) is 20.7. The Hall–Kier alpha value is -0.770. The lowest BCUT2D eigenvalue weighted by atomic mass is 10.2. The van der Waals surface area contributed by atoms with Crippen LogP contribution in [-0.4, -0.2) is 28.6 Å². The minimum atomic E-state index is -0.763. The Bertz CT molecular complexity index is 437. The number of rotatable bonds is 3. The second-order valence-corrected chi connectivity index (χ2v) is 5.05. The van der Waals surface area contributed by atoms with Gasteiger partial charge in [0.05, 0.1) is 0 Å². The van der Waals surface area contributed by atoms with E-state index in [1.807, 2.05) is 4.90 Å². The van der Waals surface area contributed by atoms with Gasteiger partial charge in [-0.15, -0.1) is 0 Å². The number of aliphatic carboxylic acids is 1. The lowest BCUT2D eigenvalue weighted by molar-refractivity contribution is -0.142. The Morgan fingerprint density at radius 3 is 2.94 bits per heavy atom. The molecule has 1 saturated heterocycles. The molecule has 0 bridgehead atoms. The molecule has 5 heteroatoms. The van der Waals surface area contributed by atoms with Gasteiger partial charge >= 0.3 is 5.97 Å². The lowest BCUT2D eigenvalue weighted by Crippen LogP contribution is -2.35. The first-order valence-corrected chi connectivity index (χ1v) is 6.24. The molecule has 1 atom stereocenters. The zero-order valence-electron chi connectivity index (χ0n) is 9.20. The number of halogens is 2. The first-order valence-electron chi connectivity index (χ1n) is 5.48. The van der Waals surface area contributed by atoms with Gasteiger partial charge in [0.25, 0.3) is 0 Å². The summed E-state index contributed by atoms with van der Waals surface area (Å²) in [6.07, 6.45) is 1.61. The average molecular weight is 274 g/mol. The van der Waals surface area contributed by atoms with E-state index in [2.05, 4.69) is 0 Å². The van der Waals surface area contributed by atoms with E-state index in [-0.39, 0.29) is 0 Å². The number of benzene rings is 1. The molecule has 1 heterocycles. The van der Waals surface area contributed by atoms with Gasteiger partial charge in [0.1, 0.15) is 6.04 Å². The number of carboxylic acids is 1. The number of hydrogen-bond acceptors (Lipinski definition) is 2. The molecule has 0 aliphatic carbocycles. The number of nitrogens with zero attached hydrogens (tertiary/aromatic N) is 1. The molecule has 17 heavy (non-hydrogen) atoms. The van der Waals surface area contributed by atoms with Crippen molar-refractivity contribution in [3.05, 3.63) is 33.8 Å². The van der Waals surface area contributed by atoms with E-state index in [9.17, 15) is 4.79 Å². The summed E-state index contributed by atoms with van der Waals surface area (Å²) in [5.74, 6) is -0.763. The molecule has 3 nitrogen and oxygen atoms in total. The van der Waals surface area contributed by atoms with E-state index < -0.39 is 12.0 Å². The molecule has 0 amide bonds. The Balaban J connectivity index is 2.15. The molecule has 92 valence electrons. The van der Waals surface area contributed by atoms with Crippen LogP contribution in [0.25, 0.3) is 0 Å².